The van der Waals surface area contributed by atoms with Crippen LogP contribution < -0.4 is 15.1 Å². The van der Waals surface area contributed by atoms with Crippen LogP contribution in [0.4, 0.5) is 5.69 Å². The van der Waals surface area contributed by atoms with Gasteiger partial charge in [-0.15, -0.1) is 4.36 Å². The molecule has 2 amide bonds. The maximum absolute atomic E-state index is 14.4. The summed E-state index contributed by atoms with van der Waals surface area (Å²) >= 11 is 6.45. The van der Waals surface area contributed by atoms with Gasteiger partial charge in [0.05, 0.1) is 18.4 Å². The summed E-state index contributed by atoms with van der Waals surface area (Å²) < 4.78 is 32.1. The molecule has 5 aliphatic rings. The third kappa shape index (κ3) is 5.37. The number of nitrogens with one attached hydrogen (secondary N) is 1. The van der Waals surface area contributed by atoms with Crippen LogP contribution in [0.2, 0.25) is 5.02 Å². The number of hydrogen-bond donors (Lipinski definition) is 1. The zero-order chi connectivity index (χ0) is 31.5. The van der Waals surface area contributed by atoms with Crippen molar-refractivity contribution in [2.75, 3.05) is 25.2 Å². The number of hydrogen-bond acceptors (Lipinski definition) is 7. The zero-order valence-corrected chi connectivity index (χ0v) is 27.6. The van der Waals surface area contributed by atoms with E-state index in [1.54, 1.807) is 20.1 Å². The molecule has 1 saturated heterocycles. The van der Waals surface area contributed by atoms with Gasteiger partial charge in [0.2, 0.25) is 5.91 Å². The Labute approximate surface area is 270 Å². The van der Waals surface area contributed by atoms with Crippen LogP contribution in [0.3, 0.4) is 0 Å². The summed E-state index contributed by atoms with van der Waals surface area (Å²) in [5.41, 5.74) is 6.74. The lowest BCUT2D eigenvalue weighted by Gasteiger charge is -2.45. The molecule has 7 atom stereocenters. The van der Waals surface area contributed by atoms with E-state index in [1.165, 1.54) is 11.1 Å². The summed E-state index contributed by atoms with van der Waals surface area (Å²) in [4.78, 5) is 28.9. The molecular weight excluding hydrogens is 612 g/mol. The van der Waals surface area contributed by atoms with Crippen molar-refractivity contribution in [1.82, 2.24) is 9.84 Å². The van der Waals surface area contributed by atoms with Crippen LogP contribution in [-0.4, -0.2) is 52.2 Å². The van der Waals surface area contributed by atoms with E-state index in [0.29, 0.717) is 42.7 Å². The van der Waals surface area contributed by atoms with E-state index < -0.39 is 21.2 Å². The Kier molecular flexibility index (Phi) is 7.99. The number of carbonyl (C=O) groups is 2. The molecule has 45 heavy (non-hydrogen) atoms. The standard InChI is InChI=1S/C34H41ClN4O5S/c1-4-30(40)39-36-33-21(2)8-7-10-29(43-3)31-26-18-34(26,31)20-38-19-24-11-13-25(35)16-22(24)9-5-6-15-44-28-14-12-23(17-27(28)38)32(41)37-45(33,39)42/h7,10-14,16-17,21,26,29,31,33,36H,4-6,8-9,15,18-20H2,1-3H3/b10-7+/t21-,26+,29-,31+,33-,34?,45-/m0/s1. The first-order chi connectivity index (χ1) is 21.7. The van der Waals surface area contributed by atoms with Gasteiger partial charge in [-0.05, 0) is 96.7 Å². The average molecular weight is 653 g/mol. The lowest BCUT2D eigenvalue weighted by molar-refractivity contribution is -0.129. The Bertz CT molecular complexity index is 1690. The molecule has 1 N–H and O–H groups in total. The van der Waals surface area contributed by atoms with Gasteiger partial charge >= 0.3 is 0 Å². The smallest absolute Gasteiger partial charge is 0.286 e. The number of carbonyl (C=O) groups excluding carboxylic acids is 2. The SMILES string of the molecule is CCC(=O)N1N[C@@H]2[C@@H](C)C/C=C/[C@H](OC)[C@H]3[C@H]4CC34CN3Cc4ccc(Cl)cc4CCCCOc4ccc(cc43)C(=O)N=[S@@]21=O. The van der Waals surface area contributed by atoms with Crippen molar-refractivity contribution >= 4 is 39.0 Å². The number of amides is 2. The minimum atomic E-state index is -3.36. The van der Waals surface area contributed by atoms with Gasteiger partial charge in [-0.1, -0.05) is 43.7 Å². The van der Waals surface area contributed by atoms with Gasteiger partial charge in [0.15, 0.2) is 9.92 Å². The van der Waals surface area contributed by atoms with Gasteiger partial charge in [-0.3, -0.25) is 9.59 Å². The molecular formula is C34H41ClN4O5S. The Balaban J connectivity index is 1.36. The van der Waals surface area contributed by atoms with E-state index in [-0.39, 0.29) is 29.8 Å². The minimum absolute atomic E-state index is 0.0240. The highest BCUT2D eigenvalue weighted by molar-refractivity contribution is 7.93. The number of methoxy groups -OCH3 is 1. The molecule has 1 unspecified atom stereocenters. The van der Waals surface area contributed by atoms with Crippen molar-refractivity contribution in [3.63, 3.8) is 0 Å². The molecule has 0 radical (unpaired) electrons. The molecule has 2 bridgehead atoms. The summed E-state index contributed by atoms with van der Waals surface area (Å²) in [5.74, 6) is 0.589. The zero-order valence-electron chi connectivity index (χ0n) is 26.0. The predicted molar refractivity (Wildman–Crippen MR) is 174 cm³/mol. The monoisotopic (exact) mass is 652 g/mol. The summed E-state index contributed by atoms with van der Waals surface area (Å²) in [5, 5.41) is 0.0861. The van der Waals surface area contributed by atoms with Crippen molar-refractivity contribution in [1.29, 1.82) is 0 Å². The Hall–Kier alpha value is -2.92. The fourth-order valence-electron chi connectivity index (χ4n) is 7.58. The number of anilines is 1. The van der Waals surface area contributed by atoms with Crippen LogP contribution in [0.5, 0.6) is 5.75 Å². The number of aryl methyl sites for hydroxylation is 1. The predicted octanol–water partition coefficient (Wildman–Crippen LogP) is 5.91. The van der Waals surface area contributed by atoms with Crippen molar-refractivity contribution in [2.24, 2.45) is 27.5 Å². The Morgan fingerprint density at radius 1 is 1.22 bits per heavy atom. The average Bonchev–Trinajstić information content (AvgIpc) is 3.89. The highest BCUT2D eigenvalue weighted by Crippen LogP contribution is 2.81. The number of hydrazine groups is 1. The number of ether oxygens (including phenoxy) is 2. The number of benzene rings is 2. The molecule has 2 aromatic carbocycles. The summed E-state index contributed by atoms with van der Waals surface area (Å²) in [6.45, 7) is 5.64. The van der Waals surface area contributed by atoms with Crippen LogP contribution in [0.15, 0.2) is 52.9 Å². The first kappa shape index (κ1) is 30.7. The number of fused-ring (bicyclic) bond motifs is 4. The summed E-state index contributed by atoms with van der Waals surface area (Å²) in [7, 11) is -1.60. The number of rotatable bonds is 2. The van der Waals surface area contributed by atoms with Gasteiger partial charge in [0, 0.05) is 37.2 Å². The summed E-state index contributed by atoms with van der Waals surface area (Å²) in [6, 6.07) is 11.5. The largest absolute Gasteiger partial charge is 0.491 e. The third-order valence-corrected chi connectivity index (χ3v) is 13.1. The fourth-order valence-corrected chi connectivity index (χ4v) is 10.0. The van der Waals surface area contributed by atoms with Gasteiger partial charge in [-0.25, -0.2) is 4.21 Å². The lowest BCUT2D eigenvalue weighted by atomic mass is 9.96. The molecule has 240 valence electrons. The molecule has 7 rings (SSSR count). The van der Waals surface area contributed by atoms with E-state index in [2.05, 4.69) is 39.0 Å². The second-order valence-corrected chi connectivity index (χ2v) is 15.8. The molecule has 0 aromatic heterocycles. The third-order valence-electron chi connectivity index (χ3n) is 10.4. The van der Waals surface area contributed by atoms with Crippen molar-refractivity contribution in [2.45, 2.75) is 70.4 Å². The van der Waals surface area contributed by atoms with Gasteiger partial charge in [0.1, 0.15) is 11.1 Å². The highest BCUT2D eigenvalue weighted by atomic mass is 35.5. The number of halogens is 1. The van der Waals surface area contributed by atoms with Gasteiger partial charge in [-0.2, -0.15) is 9.84 Å². The molecule has 2 saturated carbocycles. The van der Waals surface area contributed by atoms with Crippen LogP contribution >= 0.6 is 11.6 Å². The molecule has 3 heterocycles. The van der Waals surface area contributed by atoms with E-state index in [0.717, 1.165) is 47.4 Å². The first-order valence-electron chi connectivity index (χ1n) is 16.1. The summed E-state index contributed by atoms with van der Waals surface area (Å²) in [6.07, 6.45) is 8.87. The van der Waals surface area contributed by atoms with Gasteiger partial charge in [0.25, 0.3) is 5.91 Å². The molecule has 2 aliphatic carbocycles. The second-order valence-electron chi connectivity index (χ2n) is 13.2. The maximum atomic E-state index is 14.4. The van der Waals surface area contributed by atoms with E-state index in [9.17, 15) is 13.8 Å². The van der Waals surface area contributed by atoms with Crippen LogP contribution in [0.1, 0.15) is 67.4 Å². The fraction of sp³-hybridized carbons (Fsp3) is 0.529. The van der Waals surface area contributed by atoms with Crippen molar-refractivity contribution < 1.29 is 23.3 Å². The quantitative estimate of drug-likeness (QED) is 0.402. The molecule has 1 spiro atoms. The molecule has 9 nitrogen and oxygen atoms in total. The topological polar surface area (TPSA) is 101 Å². The Morgan fingerprint density at radius 2 is 2.07 bits per heavy atom. The van der Waals surface area contributed by atoms with Crippen LogP contribution in [-0.2, 0) is 32.4 Å². The first-order valence-corrected chi connectivity index (χ1v) is 18.0. The molecule has 11 heteroatoms. The van der Waals surface area contributed by atoms with E-state index in [1.807, 2.05) is 25.1 Å². The number of nitrogens with zero attached hydrogens (tertiary/aromatic N) is 3. The minimum Gasteiger partial charge on any atom is -0.491 e. The van der Waals surface area contributed by atoms with Crippen LogP contribution in [0, 0.1) is 23.2 Å². The molecule has 3 aliphatic heterocycles. The van der Waals surface area contributed by atoms with Crippen molar-refractivity contribution in [3.05, 3.63) is 70.3 Å². The molecule has 2 aromatic rings. The molecule has 3 fully saturated rings. The Morgan fingerprint density at radius 3 is 2.84 bits per heavy atom. The lowest BCUT2D eigenvalue weighted by Crippen LogP contribution is -2.69. The van der Waals surface area contributed by atoms with E-state index >= 15 is 0 Å². The second kappa shape index (κ2) is 11.7. The van der Waals surface area contributed by atoms with Crippen LogP contribution in [0.25, 0.3) is 0 Å². The normalized spacial score (nSPS) is 34.7. The van der Waals surface area contributed by atoms with E-state index in [4.69, 9.17) is 21.1 Å². The van der Waals surface area contributed by atoms with Crippen molar-refractivity contribution in [3.8, 4) is 5.75 Å². The number of allylic oxidation sites excluding steroid dienone is 1. The van der Waals surface area contributed by atoms with Gasteiger partial charge < -0.3 is 14.4 Å². The highest BCUT2D eigenvalue weighted by Gasteiger charge is 2.80. The maximum Gasteiger partial charge on any atom is 0.286 e.